The Morgan fingerprint density at radius 1 is 1.29 bits per heavy atom. The zero-order chi connectivity index (χ0) is 16.2. The number of carbonyl (C=O) groups excluding carboxylic acids is 1. The van der Waals surface area contributed by atoms with Crippen LogP contribution in [0.5, 0.6) is 0 Å². The largest absolute Gasteiger partial charge is 0.353 e. The van der Waals surface area contributed by atoms with E-state index in [1.54, 1.807) is 7.05 Å². The summed E-state index contributed by atoms with van der Waals surface area (Å²) in [5.74, 6) is 1.84. The minimum atomic E-state index is 0. The Morgan fingerprint density at radius 3 is 2.58 bits per heavy atom. The van der Waals surface area contributed by atoms with Crippen molar-refractivity contribution in [2.24, 2.45) is 10.9 Å². The fraction of sp³-hybridized carbons (Fsp3) is 0.556. The quantitative estimate of drug-likeness (QED) is 0.429. The third-order valence-electron chi connectivity index (χ3n) is 4.69. The molecule has 24 heavy (non-hydrogen) atoms. The molecule has 2 fully saturated rings. The fourth-order valence-electron chi connectivity index (χ4n) is 2.95. The van der Waals surface area contributed by atoms with Gasteiger partial charge in [-0.05, 0) is 42.9 Å². The molecule has 1 aliphatic carbocycles. The van der Waals surface area contributed by atoms with Crippen molar-refractivity contribution >= 4 is 41.5 Å². The Bertz CT molecular complexity index is 587. The predicted molar refractivity (Wildman–Crippen MR) is 109 cm³/mol. The average Bonchev–Trinajstić information content (AvgIpc) is 3.27. The van der Waals surface area contributed by atoms with Gasteiger partial charge in [0.05, 0.1) is 0 Å². The van der Waals surface area contributed by atoms with Crippen molar-refractivity contribution in [2.75, 3.05) is 18.5 Å². The number of halogens is 1. The summed E-state index contributed by atoms with van der Waals surface area (Å²) in [6.07, 6.45) is 4.00. The standard InChI is InChI=1S/C18H26N4O.HI/c1-13-11-16(13)21-18(19-2)20-12-14-6-8-15(9-7-14)22-10-4-3-5-17(22)23;/h6-9,13,16H,3-5,10-12H2,1-2H3,(H2,19,20,21);1H. The predicted octanol–water partition coefficient (Wildman–Crippen LogP) is 2.89. The fourth-order valence-corrected chi connectivity index (χ4v) is 2.95. The van der Waals surface area contributed by atoms with Crippen LogP contribution in [0.25, 0.3) is 0 Å². The Hall–Kier alpha value is -1.31. The van der Waals surface area contributed by atoms with Gasteiger partial charge in [0, 0.05) is 38.3 Å². The summed E-state index contributed by atoms with van der Waals surface area (Å²) in [5, 5.41) is 6.76. The van der Waals surface area contributed by atoms with Crippen molar-refractivity contribution in [3.05, 3.63) is 29.8 Å². The molecule has 1 saturated carbocycles. The van der Waals surface area contributed by atoms with Crippen LogP contribution in [0.2, 0.25) is 0 Å². The number of benzene rings is 1. The molecular weight excluding hydrogens is 415 g/mol. The minimum Gasteiger partial charge on any atom is -0.353 e. The summed E-state index contributed by atoms with van der Waals surface area (Å²) in [6, 6.07) is 8.81. The van der Waals surface area contributed by atoms with Crippen molar-refractivity contribution in [2.45, 2.75) is 45.2 Å². The van der Waals surface area contributed by atoms with E-state index < -0.39 is 0 Å². The highest BCUT2D eigenvalue weighted by atomic mass is 127. The number of amides is 1. The van der Waals surface area contributed by atoms with Gasteiger partial charge in [0.2, 0.25) is 5.91 Å². The topological polar surface area (TPSA) is 56.7 Å². The third kappa shape index (κ3) is 4.84. The van der Waals surface area contributed by atoms with Crippen molar-refractivity contribution in [1.82, 2.24) is 10.6 Å². The Labute approximate surface area is 161 Å². The highest BCUT2D eigenvalue weighted by molar-refractivity contribution is 14.0. The highest BCUT2D eigenvalue weighted by Crippen LogP contribution is 2.28. The lowest BCUT2D eigenvalue weighted by Crippen LogP contribution is -2.38. The molecule has 2 N–H and O–H groups in total. The van der Waals surface area contributed by atoms with Crippen molar-refractivity contribution in [3.63, 3.8) is 0 Å². The minimum absolute atomic E-state index is 0. The van der Waals surface area contributed by atoms with Crippen molar-refractivity contribution < 1.29 is 4.79 Å². The summed E-state index contributed by atoms with van der Waals surface area (Å²) in [4.78, 5) is 18.1. The van der Waals surface area contributed by atoms with Crippen LogP contribution in [0, 0.1) is 5.92 Å². The van der Waals surface area contributed by atoms with Crippen molar-refractivity contribution in [1.29, 1.82) is 0 Å². The van der Waals surface area contributed by atoms with E-state index in [1.165, 1.54) is 12.0 Å². The number of hydrogen-bond donors (Lipinski definition) is 2. The molecule has 1 aromatic rings. The smallest absolute Gasteiger partial charge is 0.226 e. The molecular formula is C18H27IN4O. The molecule has 2 aliphatic rings. The monoisotopic (exact) mass is 442 g/mol. The van der Waals surface area contributed by atoms with Gasteiger partial charge < -0.3 is 15.5 Å². The van der Waals surface area contributed by atoms with Crippen LogP contribution in [-0.2, 0) is 11.3 Å². The van der Waals surface area contributed by atoms with E-state index in [0.29, 0.717) is 12.5 Å². The van der Waals surface area contributed by atoms with Gasteiger partial charge in [0.15, 0.2) is 5.96 Å². The first-order chi connectivity index (χ1) is 11.2. The number of aliphatic imine (C=N–C) groups is 1. The number of nitrogens with one attached hydrogen (secondary N) is 2. The van der Waals surface area contributed by atoms with E-state index in [4.69, 9.17) is 0 Å². The van der Waals surface area contributed by atoms with Crippen LogP contribution in [0.4, 0.5) is 5.69 Å². The summed E-state index contributed by atoms with van der Waals surface area (Å²) in [7, 11) is 1.80. The second-order valence-corrected chi connectivity index (χ2v) is 6.56. The van der Waals surface area contributed by atoms with E-state index in [9.17, 15) is 4.79 Å². The molecule has 1 amide bonds. The van der Waals surface area contributed by atoms with Crippen LogP contribution in [0.1, 0.15) is 38.2 Å². The molecule has 132 valence electrons. The van der Waals surface area contributed by atoms with Gasteiger partial charge in [-0.25, -0.2) is 0 Å². The van der Waals surface area contributed by atoms with Crippen molar-refractivity contribution in [3.8, 4) is 0 Å². The van der Waals surface area contributed by atoms with Gasteiger partial charge in [0.1, 0.15) is 0 Å². The lowest BCUT2D eigenvalue weighted by atomic mass is 10.1. The molecule has 1 aliphatic heterocycles. The van der Waals surface area contributed by atoms with Crippen LogP contribution >= 0.6 is 24.0 Å². The maximum Gasteiger partial charge on any atom is 0.226 e. The number of nitrogens with zero attached hydrogens (tertiary/aromatic N) is 2. The molecule has 1 saturated heterocycles. The van der Waals surface area contributed by atoms with Gasteiger partial charge in [-0.1, -0.05) is 19.1 Å². The van der Waals surface area contributed by atoms with E-state index >= 15 is 0 Å². The summed E-state index contributed by atoms with van der Waals surface area (Å²) >= 11 is 0. The average molecular weight is 442 g/mol. The summed E-state index contributed by atoms with van der Waals surface area (Å²) in [5.41, 5.74) is 2.19. The van der Waals surface area contributed by atoms with Gasteiger partial charge in [0.25, 0.3) is 0 Å². The third-order valence-corrected chi connectivity index (χ3v) is 4.69. The normalized spacial score (nSPS) is 23.5. The number of carbonyl (C=O) groups is 1. The SMILES string of the molecule is CN=C(NCc1ccc(N2CCCCC2=O)cc1)NC1CC1C.I. The molecule has 2 atom stereocenters. The van der Waals surface area contributed by atoms with Gasteiger partial charge in [-0.2, -0.15) is 0 Å². The zero-order valence-corrected chi connectivity index (χ0v) is 16.7. The number of guanidine groups is 1. The van der Waals surface area contributed by atoms with Crippen LogP contribution in [0.3, 0.4) is 0 Å². The summed E-state index contributed by atoms with van der Waals surface area (Å²) < 4.78 is 0. The van der Waals surface area contributed by atoms with E-state index in [0.717, 1.165) is 43.5 Å². The number of anilines is 1. The highest BCUT2D eigenvalue weighted by Gasteiger charge is 2.33. The second-order valence-electron chi connectivity index (χ2n) is 6.56. The van der Waals surface area contributed by atoms with E-state index in [-0.39, 0.29) is 29.9 Å². The Morgan fingerprint density at radius 2 is 2.00 bits per heavy atom. The van der Waals surface area contributed by atoms with E-state index in [1.807, 2.05) is 17.0 Å². The molecule has 0 radical (unpaired) electrons. The lowest BCUT2D eigenvalue weighted by Gasteiger charge is -2.26. The van der Waals surface area contributed by atoms with E-state index in [2.05, 4.69) is 34.7 Å². The molecule has 5 nitrogen and oxygen atoms in total. The second kappa shape index (κ2) is 8.69. The first-order valence-corrected chi connectivity index (χ1v) is 8.54. The number of piperidine rings is 1. The summed E-state index contributed by atoms with van der Waals surface area (Å²) in [6.45, 7) is 3.81. The molecule has 0 bridgehead atoms. The molecule has 2 unspecified atom stereocenters. The Kier molecular flexibility index (Phi) is 6.89. The number of rotatable bonds is 4. The molecule has 1 heterocycles. The zero-order valence-electron chi connectivity index (χ0n) is 14.4. The van der Waals surface area contributed by atoms with Gasteiger partial charge in [-0.15, -0.1) is 24.0 Å². The van der Waals surface area contributed by atoms with Crippen LogP contribution in [0.15, 0.2) is 29.3 Å². The van der Waals surface area contributed by atoms with Crippen LogP contribution in [-0.4, -0.2) is 31.5 Å². The maximum atomic E-state index is 12.0. The first kappa shape index (κ1) is 19.0. The molecule has 0 spiro atoms. The van der Waals surface area contributed by atoms with Crippen LogP contribution < -0.4 is 15.5 Å². The molecule has 6 heteroatoms. The number of hydrogen-bond acceptors (Lipinski definition) is 2. The van der Waals surface area contributed by atoms with Gasteiger partial charge >= 0.3 is 0 Å². The lowest BCUT2D eigenvalue weighted by molar-refractivity contribution is -0.119. The molecule has 3 rings (SSSR count). The van der Waals surface area contributed by atoms with Gasteiger partial charge in [-0.3, -0.25) is 9.79 Å². The molecule has 1 aromatic carbocycles. The Balaban J connectivity index is 0.00000208. The maximum absolute atomic E-state index is 12.0. The molecule has 0 aromatic heterocycles. The first-order valence-electron chi connectivity index (χ1n) is 8.54.